The number of rotatable bonds is 19. The summed E-state index contributed by atoms with van der Waals surface area (Å²) in [5, 5.41) is 0. The number of imidazole rings is 1. The first-order chi connectivity index (χ1) is 15.3. The topological polar surface area (TPSA) is 19.7 Å². The summed E-state index contributed by atoms with van der Waals surface area (Å²) in [7, 11) is 0. The molecule has 0 saturated carbocycles. The van der Waals surface area contributed by atoms with Crippen LogP contribution in [0.1, 0.15) is 127 Å². The first-order valence-electron chi connectivity index (χ1n) is 13.4. The van der Waals surface area contributed by atoms with Crippen molar-refractivity contribution in [3.05, 3.63) is 54.1 Å². The largest absolute Gasteiger partial charge is 0.257 e. The average molecular weight is 426 g/mol. The fraction of sp³-hybridized carbons (Fsp3) is 0.690. The van der Waals surface area contributed by atoms with Gasteiger partial charge in [-0.05, 0) is 24.8 Å². The van der Waals surface area contributed by atoms with Crippen molar-refractivity contribution >= 4 is 0 Å². The van der Waals surface area contributed by atoms with Crippen LogP contribution < -0.4 is 4.57 Å². The number of nitrogens with one attached hydrogen (secondary N) is 1. The van der Waals surface area contributed by atoms with Crippen LogP contribution in [0, 0.1) is 0 Å². The van der Waals surface area contributed by atoms with Gasteiger partial charge in [-0.2, -0.15) is 0 Å². The van der Waals surface area contributed by atoms with Gasteiger partial charge in [0.1, 0.15) is 12.4 Å². The molecule has 0 aliphatic carbocycles. The maximum absolute atomic E-state index is 3.51. The maximum Gasteiger partial charge on any atom is 0.257 e. The molecule has 1 atom stereocenters. The number of aromatic nitrogens is 2. The number of unbranched alkanes of at least 4 members (excludes halogenated alkanes) is 12. The molecule has 0 aliphatic rings. The molecular formula is C29H49N2+. The van der Waals surface area contributed by atoms with Gasteiger partial charge in [-0.3, -0.25) is 0 Å². The Morgan fingerprint density at radius 1 is 0.742 bits per heavy atom. The number of aryl methyl sites for hydroxylation is 2. The third-order valence-electron chi connectivity index (χ3n) is 6.71. The van der Waals surface area contributed by atoms with Gasteiger partial charge in [-0.1, -0.05) is 128 Å². The van der Waals surface area contributed by atoms with Gasteiger partial charge in [-0.25, -0.2) is 9.55 Å². The standard InChI is InChI=1S/C29H48N2/c1-3-4-5-6-7-8-9-10-11-12-13-14-16-20-27(2)29-30-24-26-31(29)25-19-23-28-21-17-15-18-22-28/h15,17-18,21-22,24,26-27H,3-14,16,19-20,23,25H2,1-2H3/p+1/t27-/m0/s1. The van der Waals surface area contributed by atoms with E-state index in [2.05, 4.69) is 66.1 Å². The van der Waals surface area contributed by atoms with E-state index < -0.39 is 0 Å². The van der Waals surface area contributed by atoms with Gasteiger partial charge in [0.2, 0.25) is 0 Å². The fourth-order valence-corrected chi connectivity index (χ4v) is 4.70. The zero-order chi connectivity index (χ0) is 22.0. The lowest BCUT2D eigenvalue weighted by atomic mass is 10.0. The van der Waals surface area contributed by atoms with Gasteiger partial charge in [0.15, 0.2) is 0 Å². The van der Waals surface area contributed by atoms with Gasteiger partial charge >= 0.3 is 0 Å². The number of nitrogens with zero attached hydrogens (tertiary/aromatic N) is 1. The van der Waals surface area contributed by atoms with Crippen molar-refractivity contribution in [2.24, 2.45) is 0 Å². The zero-order valence-electron chi connectivity index (χ0n) is 20.6. The molecule has 1 aromatic heterocycles. The molecule has 0 radical (unpaired) electrons. The summed E-state index contributed by atoms with van der Waals surface area (Å²) >= 11 is 0. The van der Waals surface area contributed by atoms with E-state index in [4.69, 9.17) is 0 Å². The highest BCUT2D eigenvalue weighted by Gasteiger charge is 2.18. The van der Waals surface area contributed by atoms with Crippen LogP contribution in [0.3, 0.4) is 0 Å². The molecule has 2 aromatic rings. The van der Waals surface area contributed by atoms with Crippen molar-refractivity contribution in [1.82, 2.24) is 4.98 Å². The van der Waals surface area contributed by atoms with E-state index in [1.807, 2.05) is 0 Å². The first kappa shape index (κ1) is 25.7. The van der Waals surface area contributed by atoms with E-state index in [1.54, 1.807) is 0 Å². The second-order valence-electron chi connectivity index (χ2n) is 9.56. The van der Waals surface area contributed by atoms with Crippen molar-refractivity contribution < 1.29 is 4.57 Å². The van der Waals surface area contributed by atoms with Crippen LogP contribution in [-0.2, 0) is 13.0 Å². The second-order valence-corrected chi connectivity index (χ2v) is 9.56. The predicted octanol–water partition coefficient (Wildman–Crippen LogP) is 8.52. The van der Waals surface area contributed by atoms with Crippen LogP contribution in [0.5, 0.6) is 0 Å². The molecule has 2 nitrogen and oxygen atoms in total. The van der Waals surface area contributed by atoms with Gasteiger partial charge in [0.25, 0.3) is 5.82 Å². The Kier molecular flexibility index (Phi) is 14.1. The van der Waals surface area contributed by atoms with Crippen LogP contribution in [0.4, 0.5) is 0 Å². The van der Waals surface area contributed by atoms with Crippen LogP contribution in [-0.4, -0.2) is 4.98 Å². The molecule has 0 bridgehead atoms. The number of benzene rings is 1. The maximum atomic E-state index is 3.51. The van der Waals surface area contributed by atoms with Crippen molar-refractivity contribution in [3.63, 3.8) is 0 Å². The lowest BCUT2D eigenvalue weighted by Gasteiger charge is -2.09. The van der Waals surface area contributed by atoms with Crippen molar-refractivity contribution in [1.29, 1.82) is 0 Å². The predicted molar refractivity (Wildman–Crippen MR) is 134 cm³/mol. The van der Waals surface area contributed by atoms with Gasteiger partial charge in [0, 0.05) is 0 Å². The number of aromatic amines is 1. The normalized spacial score (nSPS) is 12.3. The molecule has 2 rings (SSSR count). The van der Waals surface area contributed by atoms with E-state index in [0.717, 1.165) is 13.0 Å². The Hall–Kier alpha value is -1.57. The van der Waals surface area contributed by atoms with Crippen molar-refractivity contribution in [2.75, 3.05) is 0 Å². The van der Waals surface area contributed by atoms with E-state index in [-0.39, 0.29) is 0 Å². The fourth-order valence-electron chi connectivity index (χ4n) is 4.70. The highest BCUT2D eigenvalue weighted by molar-refractivity contribution is 5.14. The molecule has 1 heterocycles. The lowest BCUT2D eigenvalue weighted by Crippen LogP contribution is -2.37. The summed E-state index contributed by atoms with van der Waals surface area (Å²) in [6, 6.07) is 10.9. The molecule has 174 valence electrons. The average Bonchev–Trinajstić information content (AvgIpc) is 3.26. The number of H-pyrrole nitrogens is 1. The molecule has 1 N–H and O–H groups in total. The third-order valence-corrected chi connectivity index (χ3v) is 6.71. The smallest absolute Gasteiger partial charge is 0.247 e. The third kappa shape index (κ3) is 11.6. The first-order valence-corrected chi connectivity index (χ1v) is 13.4. The van der Waals surface area contributed by atoms with E-state index in [0.29, 0.717) is 5.92 Å². The minimum atomic E-state index is 0.624. The van der Waals surface area contributed by atoms with Gasteiger partial charge < -0.3 is 0 Å². The molecule has 1 aromatic carbocycles. The highest BCUT2D eigenvalue weighted by Crippen LogP contribution is 2.19. The Morgan fingerprint density at radius 2 is 1.32 bits per heavy atom. The molecule has 31 heavy (non-hydrogen) atoms. The molecule has 0 saturated heterocycles. The van der Waals surface area contributed by atoms with E-state index in [9.17, 15) is 0 Å². The van der Waals surface area contributed by atoms with Crippen LogP contribution >= 0.6 is 0 Å². The summed E-state index contributed by atoms with van der Waals surface area (Å²) in [6.07, 6.45) is 26.6. The quantitative estimate of drug-likeness (QED) is 0.172. The van der Waals surface area contributed by atoms with Gasteiger partial charge in [0.05, 0.1) is 12.5 Å². The summed E-state index contributed by atoms with van der Waals surface area (Å²) in [4.78, 5) is 3.51. The molecule has 0 unspecified atom stereocenters. The molecule has 0 fully saturated rings. The van der Waals surface area contributed by atoms with Crippen molar-refractivity contribution in [2.45, 2.75) is 129 Å². The summed E-state index contributed by atoms with van der Waals surface area (Å²) in [6.45, 7) is 5.79. The van der Waals surface area contributed by atoms with Crippen LogP contribution in [0.15, 0.2) is 42.7 Å². The highest BCUT2D eigenvalue weighted by atomic mass is 15.1. The Bertz CT molecular complexity index is 646. The molecular weight excluding hydrogens is 376 g/mol. The minimum absolute atomic E-state index is 0.624. The Morgan fingerprint density at radius 3 is 1.94 bits per heavy atom. The van der Waals surface area contributed by atoms with E-state index in [1.165, 1.54) is 108 Å². The minimum Gasteiger partial charge on any atom is -0.247 e. The van der Waals surface area contributed by atoms with Crippen LogP contribution in [0.2, 0.25) is 0 Å². The summed E-state index contributed by atoms with van der Waals surface area (Å²) in [5.41, 5.74) is 1.44. The van der Waals surface area contributed by atoms with E-state index >= 15 is 0 Å². The zero-order valence-corrected chi connectivity index (χ0v) is 20.6. The molecule has 0 amide bonds. The monoisotopic (exact) mass is 425 g/mol. The summed E-state index contributed by atoms with van der Waals surface area (Å²) < 4.78 is 2.44. The van der Waals surface area contributed by atoms with Gasteiger partial charge in [-0.15, -0.1) is 0 Å². The Balaban J connectivity index is 1.47. The van der Waals surface area contributed by atoms with Crippen molar-refractivity contribution in [3.8, 4) is 0 Å². The number of hydrogen-bond donors (Lipinski definition) is 1. The SMILES string of the molecule is CCCCCCCCCCCCCCC[C@H](C)c1[nH]cc[n+]1CCCc1ccccc1. The molecule has 2 heteroatoms. The lowest BCUT2D eigenvalue weighted by molar-refractivity contribution is -0.704. The molecule has 0 spiro atoms. The Labute approximate surface area is 192 Å². The van der Waals surface area contributed by atoms with Crippen LogP contribution in [0.25, 0.3) is 0 Å². The summed E-state index contributed by atoms with van der Waals surface area (Å²) in [5.74, 6) is 2.03. The molecule has 0 aliphatic heterocycles. The number of hydrogen-bond acceptors (Lipinski definition) is 0. The second kappa shape index (κ2) is 17.0.